The number of fused-ring (bicyclic) bond motifs is 3. The predicted molar refractivity (Wildman–Crippen MR) is 80.4 cm³/mol. The van der Waals surface area contributed by atoms with E-state index in [1.165, 1.54) is 44.9 Å². The molecule has 0 aromatic rings. The smallest absolute Gasteiger partial charge is 0.142 e. The zero-order valence-corrected chi connectivity index (χ0v) is 13.0. The summed E-state index contributed by atoms with van der Waals surface area (Å²) in [5.74, 6) is 1.94. The zero-order valence-electron chi connectivity index (χ0n) is 13.0. The fraction of sp³-hybridized carbons (Fsp3) is 0.944. The molecule has 4 fully saturated rings. The van der Waals surface area contributed by atoms with Crippen LogP contribution in [0.1, 0.15) is 84.0 Å². The third-order valence-electron chi connectivity index (χ3n) is 6.71. The molecule has 0 radical (unpaired) electrons. The minimum absolute atomic E-state index is 0.0276. The highest BCUT2D eigenvalue weighted by molar-refractivity contribution is 5.88. The quantitative estimate of drug-likeness (QED) is 0.835. The monoisotopic (exact) mass is 278 g/mol. The first-order valence-electron chi connectivity index (χ1n) is 8.84. The lowest BCUT2D eigenvalue weighted by molar-refractivity contribution is -0.162. The second-order valence-electron chi connectivity index (χ2n) is 7.84. The summed E-state index contributed by atoms with van der Waals surface area (Å²) < 4.78 is 0. The Morgan fingerprint density at radius 3 is 2.30 bits per heavy atom. The van der Waals surface area contributed by atoms with E-state index in [1.807, 2.05) is 0 Å². The minimum atomic E-state index is -0.628. The van der Waals surface area contributed by atoms with Crippen LogP contribution in [0.2, 0.25) is 0 Å². The number of carbonyl (C=O) groups is 1. The normalized spacial score (nSPS) is 44.8. The minimum Gasteiger partial charge on any atom is -0.389 e. The van der Waals surface area contributed by atoms with Gasteiger partial charge < -0.3 is 5.11 Å². The Morgan fingerprint density at radius 2 is 1.75 bits per heavy atom. The first-order valence-corrected chi connectivity index (χ1v) is 8.84. The Morgan fingerprint density at radius 1 is 1.10 bits per heavy atom. The number of aliphatic hydroxyl groups is 1. The van der Waals surface area contributed by atoms with Gasteiger partial charge in [0.15, 0.2) is 0 Å². The molecule has 0 aromatic heterocycles. The van der Waals surface area contributed by atoms with E-state index in [2.05, 4.69) is 6.92 Å². The second-order valence-corrected chi connectivity index (χ2v) is 7.84. The summed E-state index contributed by atoms with van der Waals surface area (Å²) in [6.45, 7) is 2.27. The van der Waals surface area contributed by atoms with Crippen LogP contribution >= 0.6 is 0 Å². The summed E-state index contributed by atoms with van der Waals surface area (Å²) in [5, 5.41) is 10.3. The first kappa shape index (κ1) is 14.6. The van der Waals surface area contributed by atoms with Gasteiger partial charge in [-0.15, -0.1) is 0 Å². The highest BCUT2D eigenvalue weighted by Gasteiger charge is 2.56. The number of carbonyl (C=O) groups excluding carboxylic acids is 1. The van der Waals surface area contributed by atoms with Gasteiger partial charge in [0.25, 0.3) is 0 Å². The molecular formula is C18H30O2. The fourth-order valence-corrected chi connectivity index (χ4v) is 5.22. The summed E-state index contributed by atoms with van der Waals surface area (Å²) in [6, 6.07) is 0. The third kappa shape index (κ3) is 2.45. The lowest BCUT2D eigenvalue weighted by atomic mass is 9.51. The number of unbranched alkanes of at least 4 members (excludes halogenated alkanes) is 1. The summed E-state index contributed by atoms with van der Waals surface area (Å²) in [5.41, 5.74) is -0.655. The Labute approximate surface area is 123 Å². The number of ketones is 1. The molecule has 1 N–H and O–H groups in total. The maximum Gasteiger partial charge on any atom is 0.142 e. The predicted octanol–water partition coefficient (Wildman–Crippen LogP) is 4.25. The summed E-state index contributed by atoms with van der Waals surface area (Å²) >= 11 is 0. The Kier molecular flexibility index (Phi) is 3.96. The molecule has 20 heavy (non-hydrogen) atoms. The molecule has 4 aliphatic rings. The number of hydrogen-bond donors (Lipinski definition) is 1. The van der Waals surface area contributed by atoms with E-state index in [1.54, 1.807) is 0 Å². The van der Waals surface area contributed by atoms with Crippen molar-refractivity contribution in [3.05, 3.63) is 0 Å². The van der Waals surface area contributed by atoms with Gasteiger partial charge in [-0.05, 0) is 50.4 Å². The van der Waals surface area contributed by atoms with E-state index in [0.29, 0.717) is 18.1 Å². The maximum absolute atomic E-state index is 12.6. The lowest BCUT2D eigenvalue weighted by Crippen LogP contribution is -2.55. The molecule has 4 rings (SSSR count). The summed E-state index contributed by atoms with van der Waals surface area (Å²) in [7, 11) is 0. The number of rotatable bonds is 4. The van der Waals surface area contributed by atoms with Crippen LogP contribution < -0.4 is 0 Å². The van der Waals surface area contributed by atoms with Gasteiger partial charge in [-0.25, -0.2) is 0 Å². The highest BCUT2D eigenvalue weighted by atomic mass is 16.3. The van der Waals surface area contributed by atoms with E-state index in [0.717, 1.165) is 31.6 Å². The van der Waals surface area contributed by atoms with Gasteiger partial charge in [0.1, 0.15) is 5.78 Å². The van der Waals surface area contributed by atoms with E-state index in [9.17, 15) is 9.90 Å². The van der Waals surface area contributed by atoms with Crippen molar-refractivity contribution in [3.63, 3.8) is 0 Å². The Bertz CT molecular complexity index is 358. The van der Waals surface area contributed by atoms with Crippen molar-refractivity contribution in [2.24, 2.45) is 17.3 Å². The molecule has 0 unspecified atom stereocenters. The van der Waals surface area contributed by atoms with Crippen LogP contribution in [0.3, 0.4) is 0 Å². The van der Waals surface area contributed by atoms with Crippen LogP contribution in [-0.2, 0) is 4.79 Å². The SMILES string of the molecule is CCCCC1CCC(C23CCC(O)(CC2)CC3=O)CC1. The van der Waals surface area contributed by atoms with Crippen LogP contribution in [-0.4, -0.2) is 16.5 Å². The van der Waals surface area contributed by atoms with Crippen molar-refractivity contribution >= 4 is 5.78 Å². The van der Waals surface area contributed by atoms with E-state index < -0.39 is 5.60 Å². The van der Waals surface area contributed by atoms with Gasteiger partial charge in [-0.2, -0.15) is 0 Å². The molecule has 0 aliphatic heterocycles. The van der Waals surface area contributed by atoms with E-state index >= 15 is 0 Å². The molecule has 4 aliphatic carbocycles. The lowest BCUT2D eigenvalue weighted by Gasteiger charge is -2.54. The Balaban J connectivity index is 1.61. The molecule has 2 bridgehead atoms. The highest BCUT2D eigenvalue weighted by Crippen LogP contribution is 2.57. The van der Waals surface area contributed by atoms with Crippen molar-refractivity contribution in [1.29, 1.82) is 0 Å². The molecule has 2 nitrogen and oxygen atoms in total. The fourth-order valence-electron chi connectivity index (χ4n) is 5.22. The van der Waals surface area contributed by atoms with Crippen molar-refractivity contribution in [2.45, 2.75) is 89.6 Å². The van der Waals surface area contributed by atoms with Crippen molar-refractivity contribution in [2.75, 3.05) is 0 Å². The third-order valence-corrected chi connectivity index (χ3v) is 6.71. The molecule has 2 heteroatoms. The summed E-state index contributed by atoms with van der Waals surface area (Å²) in [6.07, 6.45) is 13.4. The molecule has 0 spiro atoms. The van der Waals surface area contributed by atoms with Gasteiger partial charge in [0.2, 0.25) is 0 Å². The van der Waals surface area contributed by atoms with Crippen LogP contribution in [0.4, 0.5) is 0 Å². The van der Waals surface area contributed by atoms with E-state index in [-0.39, 0.29) is 5.41 Å². The topological polar surface area (TPSA) is 37.3 Å². The molecular weight excluding hydrogens is 248 g/mol. The van der Waals surface area contributed by atoms with Crippen molar-refractivity contribution in [1.82, 2.24) is 0 Å². The second kappa shape index (κ2) is 5.44. The average molecular weight is 278 g/mol. The van der Waals surface area contributed by atoms with E-state index in [4.69, 9.17) is 0 Å². The van der Waals surface area contributed by atoms with Crippen LogP contribution in [0.5, 0.6) is 0 Å². The molecule has 0 aromatic carbocycles. The molecule has 4 saturated carbocycles. The molecule has 0 amide bonds. The Hall–Kier alpha value is -0.370. The molecule has 0 saturated heterocycles. The van der Waals surface area contributed by atoms with Gasteiger partial charge in [0.05, 0.1) is 5.60 Å². The summed E-state index contributed by atoms with van der Waals surface area (Å²) in [4.78, 5) is 12.6. The zero-order chi connectivity index (χ0) is 14.2. The van der Waals surface area contributed by atoms with Crippen LogP contribution in [0.25, 0.3) is 0 Å². The van der Waals surface area contributed by atoms with Gasteiger partial charge >= 0.3 is 0 Å². The number of hydrogen-bond acceptors (Lipinski definition) is 2. The van der Waals surface area contributed by atoms with Crippen molar-refractivity contribution < 1.29 is 9.90 Å². The largest absolute Gasteiger partial charge is 0.389 e. The van der Waals surface area contributed by atoms with Gasteiger partial charge in [-0.3, -0.25) is 4.79 Å². The average Bonchev–Trinajstić information content (AvgIpc) is 2.46. The van der Waals surface area contributed by atoms with Crippen LogP contribution in [0, 0.1) is 17.3 Å². The number of Topliss-reactive ketones (excluding diaryl/α,β-unsaturated/α-hetero) is 1. The molecule has 114 valence electrons. The van der Waals surface area contributed by atoms with Gasteiger partial charge in [0, 0.05) is 11.8 Å². The van der Waals surface area contributed by atoms with Crippen molar-refractivity contribution in [3.8, 4) is 0 Å². The van der Waals surface area contributed by atoms with Gasteiger partial charge in [-0.1, -0.05) is 39.0 Å². The molecule has 0 atom stereocenters. The van der Waals surface area contributed by atoms with Crippen LogP contribution in [0.15, 0.2) is 0 Å². The first-order chi connectivity index (χ1) is 9.58. The standard InChI is InChI=1S/C18H30O2/c1-2-3-4-14-5-7-15(8-6-14)18-11-9-17(20,10-12-18)13-16(18)19/h14-15,20H,2-13H2,1H3. The molecule has 0 heterocycles. The maximum atomic E-state index is 12.6.